The first kappa shape index (κ1) is 14.4. The maximum atomic E-state index is 11.0. The summed E-state index contributed by atoms with van der Waals surface area (Å²) in [6.07, 6.45) is 2.70. The lowest BCUT2D eigenvalue weighted by Gasteiger charge is -2.06. The van der Waals surface area contributed by atoms with Gasteiger partial charge in [-0.05, 0) is 22.8 Å². The number of carbonyl (C=O) groups is 1. The Kier molecular flexibility index (Phi) is 3.67. The standard InChI is InChI=1S/C21H16N2O/c24-15-17-8-11-20-13-22-23(21(20)12-17)14-16-6-9-19(10-7-16)18-4-2-1-3-5-18/h1-13,15H,14H2. The van der Waals surface area contributed by atoms with Crippen LogP contribution in [0.1, 0.15) is 15.9 Å². The van der Waals surface area contributed by atoms with Gasteiger partial charge in [-0.1, -0.05) is 66.7 Å². The Morgan fingerprint density at radius 2 is 1.62 bits per heavy atom. The van der Waals surface area contributed by atoms with Crippen molar-refractivity contribution in [1.29, 1.82) is 0 Å². The predicted molar refractivity (Wildman–Crippen MR) is 96.1 cm³/mol. The van der Waals surface area contributed by atoms with Crippen LogP contribution < -0.4 is 0 Å². The fourth-order valence-corrected chi connectivity index (χ4v) is 2.89. The lowest BCUT2D eigenvalue weighted by Crippen LogP contribution is -2.01. The molecule has 116 valence electrons. The average Bonchev–Trinajstić information content (AvgIpc) is 3.05. The summed E-state index contributed by atoms with van der Waals surface area (Å²) in [5.74, 6) is 0. The fourth-order valence-electron chi connectivity index (χ4n) is 2.89. The van der Waals surface area contributed by atoms with Gasteiger partial charge in [-0.15, -0.1) is 0 Å². The second kappa shape index (κ2) is 6.13. The average molecular weight is 312 g/mol. The molecular weight excluding hydrogens is 296 g/mol. The first-order valence-corrected chi connectivity index (χ1v) is 7.88. The van der Waals surface area contributed by atoms with Gasteiger partial charge in [-0.3, -0.25) is 9.48 Å². The first-order valence-electron chi connectivity index (χ1n) is 7.88. The quantitative estimate of drug-likeness (QED) is 0.518. The number of benzene rings is 3. The lowest BCUT2D eigenvalue weighted by atomic mass is 10.0. The van der Waals surface area contributed by atoms with E-state index in [-0.39, 0.29) is 0 Å². The summed E-state index contributed by atoms with van der Waals surface area (Å²) in [6, 6.07) is 24.5. The van der Waals surface area contributed by atoms with Gasteiger partial charge in [0.25, 0.3) is 0 Å². The van der Waals surface area contributed by atoms with Gasteiger partial charge in [0.05, 0.1) is 18.3 Å². The summed E-state index contributed by atoms with van der Waals surface area (Å²) in [7, 11) is 0. The Hall–Kier alpha value is -3.20. The van der Waals surface area contributed by atoms with Crippen LogP contribution in [0.2, 0.25) is 0 Å². The molecule has 0 aliphatic carbocycles. The monoisotopic (exact) mass is 312 g/mol. The SMILES string of the molecule is O=Cc1ccc2cnn(Cc3ccc(-c4ccccc4)cc3)c2c1. The maximum Gasteiger partial charge on any atom is 0.150 e. The summed E-state index contributed by atoms with van der Waals surface area (Å²) >= 11 is 0. The molecule has 24 heavy (non-hydrogen) atoms. The molecule has 1 heterocycles. The van der Waals surface area contributed by atoms with Crippen molar-refractivity contribution < 1.29 is 4.79 Å². The third kappa shape index (κ3) is 2.72. The molecule has 0 aliphatic rings. The van der Waals surface area contributed by atoms with Crippen molar-refractivity contribution in [1.82, 2.24) is 9.78 Å². The number of fused-ring (bicyclic) bond motifs is 1. The minimum Gasteiger partial charge on any atom is -0.298 e. The maximum absolute atomic E-state index is 11.0. The van der Waals surface area contributed by atoms with E-state index in [1.807, 2.05) is 47.3 Å². The molecule has 0 atom stereocenters. The van der Waals surface area contributed by atoms with Crippen molar-refractivity contribution in [3.05, 3.63) is 90.1 Å². The van der Waals surface area contributed by atoms with Crippen LogP contribution >= 0.6 is 0 Å². The van der Waals surface area contributed by atoms with Crippen molar-refractivity contribution in [2.75, 3.05) is 0 Å². The van der Waals surface area contributed by atoms with E-state index in [0.29, 0.717) is 12.1 Å². The number of nitrogens with zero attached hydrogens (tertiary/aromatic N) is 2. The van der Waals surface area contributed by atoms with Gasteiger partial charge in [0.1, 0.15) is 6.29 Å². The molecule has 3 nitrogen and oxygen atoms in total. The Balaban J connectivity index is 1.63. The topological polar surface area (TPSA) is 34.9 Å². The van der Waals surface area contributed by atoms with Crippen molar-refractivity contribution in [2.45, 2.75) is 6.54 Å². The van der Waals surface area contributed by atoms with Crippen LogP contribution in [0.4, 0.5) is 0 Å². The molecule has 0 amide bonds. The van der Waals surface area contributed by atoms with Crippen LogP contribution in [0.25, 0.3) is 22.0 Å². The smallest absolute Gasteiger partial charge is 0.150 e. The van der Waals surface area contributed by atoms with Gasteiger partial charge in [0, 0.05) is 10.9 Å². The van der Waals surface area contributed by atoms with E-state index in [1.165, 1.54) is 16.7 Å². The highest BCUT2D eigenvalue weighted by molar-refractivity contribution is 5.86. The number of hydrogen-bond donors (Lipinski definition) is 0. The molecule has 4 aromatic rings. The van der Waals surface area contributed by atoms with E-state index in [9.17, 15) is 4.79 Å². The summed E-state index contributed by atoms with van der Waals surface area (Å²) in [4.78, 5) is 11.0. The number of rotatable bonds is 4. The molecule has 0 fully saturated rings. The largest absolute Gasteiger partial charge is 0.298 e. The van der Waals surface area contributed by atoms with Crippen molar-refractivity contribution in [2.24, 2.45) is 0 Å². The van der Waals surface area contributed by atoms with Crippen LogP contribution in [0, 0.1) is 0 Å². The molecular formula is C21H16N2O. The van der Waals surface area contributed by atoms with E-state index in [2.05, 4.69) is 41.5 Å². The number of aromatic nitrogens is 2. The van der Waals surface area contributed by atoms with Crippen LogP contribution in [-0.4, -0.2) is 16.1 Å². The first-order chi connectivity index (χ1) is 11.8. The Labute approximate surface area is 140 Å². The molecule has 0 N–H and O–H groups in total. The van der Waals surface area contributed by atoms with Crippen LogP contribution in [0.15, 0.2) is 79.0 Å². The highest BCUT2D eigenvalue weighted by atomic mass is 16.1. The van der Waals surface area contributed by atoms with Gasteiger partial charge in [-0.25, -0.2) is 0 Å². The van der Waals surface area contributed by atoms with Gasteiger partial charge < -0.3 is 0 Å². The molecule has 0 unspecified atom stereocenters. The third-order valence-corrected chi connectivity index (χ3v) is 4.20. The van der Waals surface area contributed by atoms with Gasteiger partial charge >= 0.3 is 0 Å². The van der Waals surface area contributed by atoms with Crippen LogP contribution in [0.5, 0.6) is 0 Å². The van der Waals surface area contributed by atoms with E-state index in [1.54, 1.807) is 0 Å². The zero-order valence-corrected chi connectivity index (χ0v) is 13.1. The summed E-state index contributed by atoms with van der Waals surface area (Å²) < 4.78 is 1.93. The second-order valence-electron chi connectivity index (χ2n) is 5.80. The normalized spacial score (nSPS) is 10.8. The predicted octanol–water partition coefficient (Wildman–Crippen LogP) is 4.56. The third-order valence-electron chi connectivity index (χ3n) is 4.20. The molecule has 0 radical (unpaired) electrons. The van der Waals surface area contributed by atoms with Gasteiger partial charge in [0.15, 0.2) is 0 Å². The number of carbonyl (C=O) groups excluding carboxylic acids is 1. The van der Waals surface area contributed by atoms with E-state index >= 15 is 0 Å². The van der Waals surface area contributed by atoms with Crippen molar-refractivity contribution in [3.8, 4) is 11.1 Å². The Morgan fingerprint density at radius 1 is 0.875 bits per heavy atom. The van der Waals surface area contributed by atoms with Crippen molar-refractivity contribution in [3.63, 3.8) is 0 Å². The fraction of sp³-hybridized carbons (Fsp3) is 0.0476. The summed E-state index contributed by atoms with van der Waals surface area (Å²) in [5, 5.41) is 5.49. The molecule has 0 saturated heterocycles. The number of hydrogen-bond acceptors (Lipinski definition) is 2. The highest BCUT2D eigenvalue weighted by Crippen LogP contribution is 2.21. The minimum absolute atomic E-state index is 0.670. The van der Waals surface area contributed by atoms with E-state index in [4.69, 9.17) is 0 Å². The second-order valence-corrected chi connectivity index (χ2v) is 5.80. The zero-order valence-electron chi connectivity index (χ0n) is 13.1. The van der Waals surface area contributed by atoms with E-state index in [0.717, 1.165) is 17.2 Å². The summed E-state index contributed by atoms with van der Waals surface area (Å²) in [5.41, 5.74) is 5.24. The molecule has 4 rings (SSSR count). The molecule has 3 aromatic carbocycles. The van der Waals surface area contributed by atoms with Gasteiger partial charge in [0.2, 0.25) is 0 Å². The minimum atomic E-state index is 0.670. The van der Waals surface area contributed by atoms with E-state index < -0.39 is 0 Å². The Bertz CT molecular complexity index is 985. The molecule has 0 aliphatic heterocycles. The van der Waals surface area contributed by atoms with Gasteiger partial charge in [-0.2, -0.15) is 5.10 Å². The van der Waals surface area contributed by atoms with Crippen molar-refractivity contribution >= 4 is 17.2 Å². The molecule has 0 saturated carbocycles. The molecule has 3 heteroatoms. The highest BCUT2D eigenvalue weighted by Gasteiger charge is 2.05. The molecule has 1 aromatic heterocycles. The van der Waals surface area contributed by atoms with Crippen LogP contribution in [-0.2, 0) is 6.54 Å². The molecule has 0 bridgehead atoms. The summed E-state index contributed by atoms with van der Waals surface area (Å²) in [6.45, 7) is 0.681. The molecule has 0 spiro atoms. The van der Waals surface area contributed by atoms with Crippen LogP contribution in [0.3, 0.4) is 0 Å². The number of aldehydes is 1. The zero-order chi connectivity index (χ0) is 16.4. The Morgan fingerprint density at radius 3 is 2.38 bits per heavy atom. The lowest BCUT2D eigenvalue weighted by molar-refractivity contribution is 0.112.